The van der Waals surface area contributed by atoms with Gasteiger partial charge in [-0.1, -0.05) is 99.1 Å². The van der Waals surface area contributed by atoms with Crippen LogP contribution in [0, 0.1) is 5.92 Å². The number of aromatic nitrogens is 1. The van der Waals surface area contributed by atoms with E-state index in [9.17, 15) is 127 Å². The summed E-state index contributed by atoms with van der Waals surface area (Å²) in [7, 11) is 0. The molecule has 0 bridgehead atoms. The number of benzene rings is 6. The number of thiol groups is 2. The minimum Gasteiger partial charge on any atom is -0.508 e. The number of amides is 14. The molecule has 0 spiro atoms. The number of carbonyl (C=O) groups excluding carboxylic acids is 14. The Bertz CT molecular complexity index is 5210. The standard InChI is InChI=1S/C87H106N16O26S2/c1-5-43(2)73(86(127)92-45(4)75(116)94-61(32-48-14-24-54(107)25-15-48)81(122)102-69(42-131)84(125)99-66(87(128)129)35-51-38-89-59-9-7-6-8-57(51)59)103-70(110)39-90-77(118)64(36-71(111)112)97-79(120)62(33-49-16-26-55(108)27-17-49)96-82(123)65(37-72(113)114)98-80(121)63(34-50-18-28-56(109)29-19-50)95-78(119)60(31-47-12-22-53(106)23-13-47)93-74(115)44(3)91-83(124)67(40-104)100-85(126)68(41-130)101-76(117)58(88)30-46-10-20-52(105)21-11-46/h6-29,38,43-45,58,60-69,73,89,104-109,130-131H,5,30-37,39-42,88H2,1-4H3,(H,90,118)(H,91,124)(H,92,127)(H,93,115)(H,94,116)(H,95,119)(H,96,123)(H,97,120)(H,98,121)(H,99,125)(H,100,126)(H,101,117)(H,102,122)(H,103,110)(H,111,112)(H,113,114)(H,128,129)/t43-,44-,45-,58-,60-,61-,62-,63-,64-,65-,66-,67-,68-,69-,73-/m0/s1. The van der Waals surface area contributed by atoms with Gasteiger partial charge in [-0.2, -0.15) is 25.3 Å². The van der Waals surface area contributed by atoms with Crippen molar-refractivity contribution in [2.45, 2.75) is 170 Å². The maximum Gasteiger partial charge on any atom is 0.326 e. The van der Waals surface area contributed by atoms with Gasteiger partial charge in [0.1, 0.15) is 107 Å². The van der Waals surface area contributed by atoms with Crippen LogP contribution in [0.2, 0.25) is 0 Å². The number of H-pyrrole nitrogens is 1. The topological polar surface area (TPSA) is 682 Å². The number of para-hydroxylation sites is 1. The summed E-state index contributed by atoms with van der Waals surface area (Å²) in [5.74, 6) is -22.7. The molecule has 1 aromatic heterocycles. The number of nitrogens with one attached hydrogen (secondary N) is 15. The monoisotopic (exact) mass is 1850 g/mol. The number of aromatic hydroxyl groups is 5. The molecule has 0 saturated carbocycles. The molecule has 7 aromatic rings. The SMILES string of the molecule is CC[C@H](C)[C@H](NC(=O)CNC(=O)[C@H](CC(=O)O)NC(=O)[C@H](Cc1ccc(O)cc1)NC(=O)[C@H](CC(=O)O)NC(=O)[C@H](Cc1ccc(O)cc1)NC(=O)[C@H](Cc1ccc(O)cc1)NC(=O)[C@H](C)NC(=O)[C@H](CO)NC(=O)[C@H](CS)NC(=O)[C@@H](N)Cc1ccc(O)cc1)C(=O)N[C@@H](C)C(=O)N[C@@H](Cc1ccc(O)cc1)C(=O)N[C@@H](CS)C(=O)N[C@@H](Cc1c[nH]c2ccccc12)C(=O)O. The van der Waals surface area contributed by atoms with Crippen LogP contribution in [0.1, 0.15) is 80.3 Å². The van der Waals surface area contributed by atoms with Crippen molar-refractivity contribution >= 4 is 137 Å². The van der Waals surface area contributed by atoms with Gasteiger partial charge in [0.15, 0.2) is 0 Å². The van der Waals surface area contributed by atoms with Gasteiger partial charge in [-0.05, 0) is 126 Å². The zero-order valence-electron chi connectivity index (χ0n) is 71.2. The second kappa shape index (κ2) is 50.3. The van der Waals surface area contributed by atoms with Gasteiger partial charge < -0.3 is 131 Å². The van der Waals surface area contributed by atoms with Crippen LogP contribution in [0.3, 0.4) is 0 Å². The number of aromatic amines is 1. The Balaban J connectivity index is 1.03. The van der Waals surface area contributed by atoms with Gasteiger partial charge in [0.2, 0.25) is 82.7 Å². The molecule has 0 unspecified atom stereocenters. The lowest BCUT2D eigenvalue weighted by atomic mass is 9.98. The molecular formula is C87H106N16O26S2. The molecule has 0 radical (unpaired) electrons. The predicted molar refractivity (Wildman–Crippen MR) is 475 cm³/mol. The molecule has 0 aliphatic rings. The van der Waals surface area contributed by atoms with Gasteiger partial charge >= 0.3 is 17.9 Å². The third-order valence-corrected chi connectivity index (χ3v) is 21.4. The van der Waals surface area contributed by atoms with Crippen molar-refractivity contribution in [3.63, 3.8) is 0 Å². The Labute approximate surface area is 760 Å². The largest absolute Gasteiger partial charge is 0.508 e. The van der Waals surface area contributed by atoms with E-state index in [0.29, 0.717) is 22.1 Å². The average Bonchev–Trinajstić information content (AvgIpc) is 1.74. The summed E-state index contributed by atoms with van der Waals surface area (Å²) in [6.07, 6.45) is -2.63. The van der Waals surface area contributed by atoms with Crippen molar-refractivity contribution in [2.24, 2.45) is 11.7 Å². The number of rotatable bonds is 50. The normalized spacial score (nSPS) is 14.5. The number of carboxylic acids is 3. The first kappa shape index (κ1) is 104. The highest BCUT2D eigenvalue weighted by Gasteiger charge is 2.39. The first-order valence-electron chi connectivity index (χ1n) is 41.1. The molecule has 7 rings (SSSR count). The summed E-state index contributed by atoms with van der Waals surface area (Å²) >= 11 is 8.38. The second-order valence-corrected chi connectivity index (χ2v) is 31.6. The minimum absolute atomic E-state index is 0.0100. The number of phenols is 5. The number of aliphatic carboxylic acids is 3. The first-order chi connectivity index (χ1) is 62.1. The smallest absolute Gasteiger partial charge is 0.326 e. The van der Waals surface area contributed by atoms with Crippen LogP contribution in [0.25, 0.3) is 10.9 Å². The Morgan fingerprint density at radius 2 is 0.664 bits per heavy atom. The highest BCUT2D eigenvalue weighted by molar-refractivity contribution is 7.80. The lowest BCUT2D eigenvalue weighted by molar-refractivity contribution is -0.142. The fourth-order valence-electron chi connectivity index (χ4n) is 13.1. The van der Waals surface area contributed by atoms with E-state index in [1.807, 2.05) is 0 Å². The zero-order valence-corrected chi connectivity index (χ0v) is 73.0. The van der Waals surface area contributed by atoms with Crippen molar-refractivity contribution in [2.75, 3.05) is 24.7 Å². The molecule has 15 atom stereocenters. The van der Waals surface area contributed by atoms with E-state index in [2.05, 4.69) is 105 Å². The maximum atomic E-state index is 14.8. The summed E-state index contributed by atoms with van der Waals surface area (Å²) in [6, 6.07) is 10.3. The first-order valence-corrected chi connectivity index (χ1v) is 42.3. The third kappa shape index (κ3) is 32.9. The van der Waals surface area contributed by atoms with Gasteiger partial charge in [0.25, 0.3) is 0 Å². The van der Waals surface area contributed by atoms with Crippen molar-refractivity contribution < 1.29 is 127 Å². The third-order valence-electron chi connectivity index (χ3n) is 20.7. The molecule has 26 N–H and O–H groups in total. The van der Waals surface area contributed by atoms with Crippen LogP contribution in [-0.4, -0.2) is 261 Å². The number of nitrogens with two attached hydrogens (primary N) is 1. The zero-order chi connectivity index (χ0) is 96.5. The molecule has 0 saturated heterocycles. The average molecular weight is 1860 g/mol. The molecule has 131 heavy (non-hydrogen) atoms. The highest BCUT2D eigenvalue weighted by Crippen LogP contribution is 2.22. The summed E-state index contributed by atoms with van der Waals surface area (Å²) < 4.78 is 0. The number of carboxylic acid groups (broad SMARTS) is 3. The quantitative estimate of drug-likeness (QED) is 0.0171. The molecule has 0 fully saturated rings. The molecule has 6 aromatic carbocycles. The number of carbonyl (C=O) groups is 17. The van der Waals surface area contributed by atoms with Crippen molar-refractivity contribution in [3.8, 4) is 28.7 Å². The van der Waals surface area contributed by atoms with E-state index in [1.54, 1.807) is 44.3 Å². The molecule has 42 nitrogen and oxygen atoms in total. The van der Waals surface area contributed by atoms with Crippen LogP contribution in [0.4, 0.5) is 0 Å². The summed E-state index contributed by atoms with van der Waals surface area (Å²) in [6.45, 7) is 3.50. The number of aliphatic hydroxyl groups is 1. The molecule has 702 valence electrons. The van der Waals surface area contributed by atoms with E-state index >= 15 is 0 Å². The lowest BCUT2D eigenvalue weighted by Gasteiger charge is -2.27. The maximum absolute atomic E-state index is 14.8. The summed E-state index contributed by atoms with van der Waals surface area (Å²) in [4.78, 5) is 238. The van der Waals surface area contributed by atoms with Gasteiger partial charge in [-0.3, -0.25) is 76.7 Å². The molecule has 44 heteroatoms. The van der Waals surface area contributed by atoms with E-state index < -0.39 is 236 Å². The Kier molecular flexibility index (Phi) is 39.7. The van der Waals surface area contributed by atoms with Gasteiger partial charge in [-0.15, -0.1) is 0 Å². The molecule has 0 aliphatic carbocycles. The van der Waals surface area contributed by atoms with E-state index in [4.69, 9.17) is 5.73 Å². The lowest BCUT2D eigenvalue weighted by Crippen LogP contribution is -2.61. The van der Waals surface area contributed by atoms with Crippen LogP contribution < -0.4 is 80.2 Å². The minimum atomic E-state index is -2.19. The van der Waals surface area contributed by atoms with Crippen molar-refractivity contribution in [1.29, 1.82) is 0 Å². The Hall–Kier alpha value is -14.5. The van der Waals surface area contributed by atoms with E-state index in [1.165, 1.54) is 128 Å². The summed E-state index contributed by atoms with van der Waals surface area (Å²) in [5.41, 5.74) is 8.98. The number of phenolic OH excluding ortho intramolecular Hbond substituents is 5. The molecule has 0 aliphatic heterocycles. The van der Waals surface area contributed by atoms with Gasteiger partial charge in [0.05, 0.1) is 32.0 Å². The second-order valence-electron chi connectivity index (χ2n) is 30.8. The van der Waals surface area contributed by atoms with E-state index in [0.717, 1.165) is 12.4 Å². The number of hydrogen-bond donors (Lipinski definition) is 27. The fraction of sp³-hybridized carbons (Fsp3) is 0.368. The predicted octanol–water partition coefficient (Wildman–Crippen LogP) is -2.83. The summed E-state index contributed by atoms with van der Waals surface area (Å²) in [5, 5.41) is 125. The van der Waals surface area contributed by atoms with Gasteiger partial charge in [-0.25, -0.2) is 4.79 Å². The molecule has 14 amide bonds. The van der Waals surface area contributed by atoms with Crippen molar-refractivity contribution in [1.82, 2.24) is 79.4 Å². The number of fused-ring (bicyclic) bond motifs is 1. The number of hydrogen-bond acceptors (Lipinski definition) is 26. The molecule has 1 heterocycles. The van der Waals surface area contributed by atoms with Crippen LogP contribution in [-0.2, 0) is 120 Å². The van der Waals surface area contributed by atoms with Crippen molar-refractivity contribution in [3.05, 3.63) is 185 Å². The Morgan fingerprint density at radius 3 is 1.04 bits per heavy atom. The van der Waals surface area contributed by atoms with E-state index in [-0.39, 0.29) is 82.6 Å². The van der Waals surface area contributed by atoms with Crippen LogP contribution in [0.15, 0.2) is 152 Å². The fourth-order valence-corrected chi connectivity index (χ4v) is 13.6. The van der Waals surface area contributed by atoms with Gasteiger partial charge in [0, 0.05) is 60.7 Å². The Morgan fingerprint density at radius 1 is 0.351 bits per heavy atom. The van der Waals surface area contributed by atoms with Crippen LogP contribution in [0.5, 0.6) is 28.7 Å². The molecular weight excluding hydrogens is 1750 g/mol. The van der Waals surface area contributed by atoms with Crippen LogP contribution >= 0.6 is 25.3 Å². The number of aliphatic hydroxyl groups excluding tert-OH is 1. The highest BCUT2D eigenvalue weighted by atomic mass is 32.1.